The van der Waals surface area contributed by atoms with Crippen molar-refractivity contribution >= 4 is 11.8 Å². The summed E-state index contributed by atoms with van der Waals surface area (Å²) in [5.74, 6) is 1.18. The van der Waals surface area contributed by atoms with Crippen LogP contribution in [0.25, 0.3) is 0 Å². The van der Waals surface area contributed by atoms with Crippen LogP contribution in [0.4, 0.5) is 0 Å². The van der Waals surface area contributed by atoms with Crippen molar-refractivity contribution in [2.24, 2.45) is 0 Å². The van der Waals surface area contributed by atoms with Crippen molar-refractivity contribution in [3.63, 3.8) is 0 Å². The number of rotatable bonds is 1. The summed E-state index contributed by atoms with van der Waals surface area (Å²) in [7, 11) is 0. The molecule has 1 unspecified atom stereocenters. The van der Waals surface area contributed by atoms with E-state index in [0.717, 1.165) is 5.56 Å². The third-order valence-corrected chi connectivity index (χ3v) is 4.26. The summed E-state index contributed by atoms with van der Waals surface area (Å²) in [6, 6.07) is 6.38. The Hall–Kier alpha value is -0.470. The highest BCUT2D eigenvalue weighted by molar-refractivity contribution is 7.99. The Labute approximate surface area is 95.9 Å². The molecule has 0 spiro atoms. The van der Waals surface area contributed by atoms with Crippen LogP contribution in [0.5, 0.6) is 0 Å². The van der Waals surface area contributed by atoms with E-state index in [1.54, 1.807) is 0 Å². The first-order chi connectivity index (χ1) is 7.00. The van der Waals surface area contributed by atoms with Crippen LogP contribution < -0.4 is 0 Å². The number of thioether (sulfide) groups is 1. The van der Waals surface area contributed by atoms with E-state index in [4.69, 9.17) is 0 Å². The van der Waals surface area contributed by atoms with Crippen molar-refractivity contribution in [1.29, 1.82) is 0 Å². The molecule has 82 valence electrons. The van der Waals surface area contributed by atoms with Crippen LogP contribution in [0.3, 0.4) is 0 Å². The molecule has 0 aromatic heterocycles. The smallest absolute Gasteiger partial charge is 0.0762 e. The van der Waals surface area contributed by atoms with Crippen molar-refractivity contribution in [2.45, 2.75) is 43.6 Å². The maximum Gasteiger partial charge on any atom is 0.0762 e. The first-order valence-corrected chi connectivity index (χ1v) is 6.44. The van der Waals surface area contributed by atoms with Gasteiger partial charge >= 0.3 is 0 Å². The fraction of sp³-hybridized carbons (Fsp3) is 0.538. The van der Waals surface area contributed by atoms with Gasteiger partial charge in [-0.05, 0) is 41.7 Å². The Bertz CT molecular complexity index is 369. The normalized spacial score (nSPS) is 20.8. The van der Waals surface area contributed by atoms with Gasteiger partial charge in [0.25, 0.3) is 0 Å². The van der Waals surface area contributed by atoms with Crippen LogP contribution in [-0.4, -0.2) is 10.9 Å². The third kappa shape index (κ3) is 2.06. The summed E-state index contributed by atoms with van der Waals surface area (Å²) in [6.07, 6.45) is 0.875. The van der Waals surface area contributed by atoms with Crippen molar-refractivity contribution in [3.05, 3.63) is 29.3 Å². The number of hydrogen-bond donors (Lipinski definition) is 1. The minimum Gasteiger partial charge on any atom is -0.389 e. The second-order valence-corrected chi connectivity index (χ2v) is 6.05. The van der Waals surface area contributed by atoms with Gasteiger partial charge in [0, 0.05) is 4.90 Å². The second kappa shape index (κ2) is 3.84. The van der Waals surface area contributed by atoms with Gasteiger partial charge in [-0.15, -0.1) is 11.8 Å². The number of fused-ring (bicyclic) bond motifs is 1. The fourth-order valence-corrected chi connectivity index (χ4v) is 3.58. The molecule has 1 N–H and O–H groups in total. The van der Waals surface area contributed by atoms with E-state index in [2.05, 4.69) is 32.0 Å². The van der Waals surface area contributed by atoms with Crippen LogP contribution in [0.1, 0.15) is 44.4 Å². The molecule has 2 rings (SSSR count). The Balaban J connectivity index is 2.45. The summed E-state index contributed by atoms with van der Waals surface area (Å²) in [4.78, 5) is 1.35. The minimum absolute atomic E-state index is 0.289. The van der Waals surface area contributed by atoms with Crippen LogP contribution >= 0.6 is 11.8 Å². The van der Waals surface area contributed by atoms with E-state index in [9.17, 15) is 5.11 Å². The molecule has 0 amide bonds. The molecule has 2 heteroatoms. The number of aliphatic hydroxyl groups is 1. The zero-order valence-electron chi connectivity index (χ0n) is 9.58. The van der Waals surface area contributed by atoms with E-state index in [1.165, 1.54) is 22.6 Å². The van der Waals surface area contributed by atoms with Crippen molar-refractivity contribution in [1.82, 2.24) is 0 Å². The van der Waals surface area contributed by atoms with Gasteiger partial charge in [-0.25, -0.2) is 0 Å². The summed E-state index contributed by atoms with van der Waals surface area (Å²) in [5.41, 5.74) is 2.75. The average Bonchev–Trinajstić information content (AvgIpc) is 2.16. The molecule has 1 aliphatic heterocycles. The van der Waals surface area contributed by atoms with E-state index in [0.29, 0.717) is 0 Å². The van der Waals surface area contributed by atoms with E-state index >= 15 is 0 Å². The molecule has 0 bridgehead atoms. The first-order valence-electron chi connectivity index (χ1n) is 5.46. The van der Waals surface area contributed by atoms with Crippen molar-refractivity contribution < 1.29 is 5.11 Å². The van der Waals surface area contributed by atoms with Crippen LogP contribution in [0.2, 0.25) is 0 Å². The largest absolute Gasteiger partial charge is 0.389 e. The van der Waals surface area contributed by atoms with E-state index in [-0.39, 0.29) is 11.5 Å². The Kier molecular flexibility index (Phi) is 2.82. The molecular weight excluding hydrogens is 204 g/mol. The minimum atomic E-state index is -0.360. The van der Waals surface area contributed by atoms with Gasteiger partial charge in [0.05, 0.1) is 6.10 Å². The lowest BCUT2D eigenvalue weighted by atomic mass is 9.81. The third-order valence-electron chi connectivity index (χ3n) is 3.20. The molecule has 1 heterocycles. The molecule has 1 aliphatic rings. The van der Waals surface area contributed by atoms with Crippen LogP contribution in [0.15, 0.2) is 23.1 Å². The summed E-state index contributed by atoms with van der Waals surface area (Å²) in [5, 5.41) is 9.55. The lowest BCUT2D eigenvalue weighted by Gasteiger charge is -2.32. The van der Waals surface area contributed by atoms with Crippen LogP contribution in [-0.2, 0) is 5.41 Å². The Morgan fingerprint density at radius 1 is 1.40 bits per heavy atom. The highest BCUT2D eigenvalue weighted by atomic mass is 32.2. The molecule has 0 saturated heterocycles. The molecule has 0 fully saturated rings. The monoisotopic (exact) mass is 222 g/mol. The molecule has 0 aliphatic carbocycles. The molecule has 1 nitrogen and oxygen atoms in total. The van der Waals surface area contributed by atoms with Gasteiger partial charge < -0.3 is 5.11 Å². The molecule has 0 radical (unpaired) electrons. The highest BCUT2D eigenvalue weighted by Gasteiger charge is 2.27. The SMILES string of the molecule is CC(O)c1ccc2c(c1)SCCC2(C)C. The highest BCUT2D eigenvalue weighted by Crippen LogP contribution is 2.42. The van der Waals surface area contributed by atoms with Crippen LogP contribution in [0, 0.1) is 0 Å². The van der Waals surface area contributed by atoms with Gasteiger partial charge in [0.15, 0.2) is 0 Å². The maximum absolute atomic E-state index is 9.55. The lowest BCUT2D eigenvalue weighted by Crippen LogP contribution is -2.22. The molecule has 15 heavy (non-hydrogen) atoms. The average molecular weight is 222 g/mol. The molecule has 1 atom stereocenters. The fourth-order valence-electron chi connectivity index (χ4n) is 2.03. The van der Waals surface area contributed by atoms with Gasteiger partial charge in [-0.1, -0.05) is 26.0 Å². The molecular formula is C13H18OS. The number of benzene rings is 1. The topological polar surface area (TPSA) is 20.2 Å². The zero-order chi connectivity index (χ0) is 11.1. The summed E-state index contributed by atoms with van der Waals surface area (Å²) < 4.78 is 0. The first kappa shape index (κ1) is 11.0. The zero-order valence-corrected chi connectivity index (χ0v) is 10.4. The lowest BCUT2D eigenvalue weighted by molar-refractivity contribution is 0.199. The van der Waals surface area contributed by atoms with Gasteiger partial charge in [-0.3, -0.25) is 0 Å². The number of aliphatic hydroxyl groups excluding tert-OH is 1. The Morgan fingerprint density at radius 2 is 2.13 bits per heavy atom. The second-order valence-electron chi connectivity index (χ2n) is 4.91. The quantitative estimate of drug-likeness (QED) is 0.784. The van der Waals surface area contributed by atoms with Gasteiger partial charge in [-0.2, -0.15) is 0 Å². The molecule has 0 saturated carbocycles. The molecule has 1 aromatic rings. The van der Waals surface area contributed by atoms with Crippen molar-refractivity contribution in [2.75, 3.05) is 5.75 Å². The van der Waals surface area contributed by atoms with E-state index in [1.807, 2.05) is 18.7 Å². The van der Waals surface area contributed by atoms with Gasteiger partial charge in [0.1, 0.15) is 0 Å². The molecule has 1 aromatic carbocycles. The summed E-state index contributed by atoms with van der Waals surface area (Å²) in [6.45, 7) is 6.42. The van der Waals surface area contributed by atoms with Crippen molar-refractivity contribution in [3.8, 4) is 0 Å². The standard InChI is InChI=1S/C13H18OS/c1-9(14)10-4-5-11-12(8-10)15-7-6-13(11,2)3/h4-5,8-9,14H,6-7H2,1-3H3. The predicted molar refractivity (Wildman–Crippen MR) is 65.4 cm³/mol. The van der Waals surface area contributed by atoms with E-state index < -0.39 is 0 Å². The summed E-state index contributed by atoms with van der Waals surface area (Å²) >= 11 is 1.91. The predicted octanol–water partition coefficient (Wildman–Crippen LogP) is 3.51. The number of hydrogen-bond acceptors (Lipinski definition) is 2. The van der Waals surface area contributed by atoms with Gasteiger partial charge in [0.2, 0.25) is 0 Å². The maximum atomic E-state index is 9.55. The Morgan fingerprint density at radius 3 is 2.80 bits per heavy atom.